The minimum Gasteiger partial charge on any atom is -0.365 e. The van der Waals surface area contributed by atoms with Gasteiger partial charge in [0.05, 0.1) is 0 Å². The van der Waals surface area contributed by atoms with Crippen molar-refractivity contribution in [1.29, 1.82) is 0 Å². The third kappa shape index (κ3) is 3.26. The molecule has 0 aliphatic heterocycles. The predicted molar refractivity (Wildman–Crippen MR) is 94.3 cm³/mol. The third-order valence-corrected chi connectivity index (χ3v) is 5.29. The van der Waals surface area contributed by atoms with Crippen molar-refractivity contribution in [2.75, 3.05) is 0 Å². The average Bonchev–Trinajstić information content (AvgIpc) is 2.82. The molecule has 3 rings (SSSR count). The molecule has 0 spiro atoms. The van der Waals surface area contributed by atoms with E-state index in [0.29, 0.717) is 16.3 Å². The number of hydrogen-bond donors (Lipinski definition) is 1. The van der Waals surface area contributed by atoms with Gasteiger partial charge in [-0.05, 0) is 47.3 Å². The van der Waals surface area contributed by atoms with E-state index in [9.17, 15) is 0 Å². The van der Waals surface area contributed by atoms with Crippen LogP contribution in [-0.2, 0) is 12.8 Å². The lowest BCUT2D eigenvalue weighted by molar-refractivity contribution is 0.546. The van der Waals surface area contributed by atoms with Gasteiger partial charge < -0.3 is 4.98 Å². The van der Waals surface area contributed by atoms with E-state index < -0.39 is 0 Å². The lowest BCUT2D eigenvalue weighted by Crippen LogP contribution is -1.99. The highest BCUT2D eigenvalue weighted by atomic mass is 35.5. The first-order valence-electron chi connectivity index (χ1n) is 7.70. The van der Waals surface area contributed by atoms with Gasteiger partial charge in [-0.1, -0.05) is 73.5 Å². The molecule has 1 N–H and O–H groups in total. The molecule has 1 aromatic heterocycles. The number of aromatic nitrogens is 1. The minimum atomic E-state index is 0.268. The third-order valence-electron chi connectivity index (χ3n) is 5.04. The van der Waals surface area contributed by atoms with Crippen molar-refractivity contribution in [3.8, 4) is 0 Å². The summed E-state index contributed by atoms with van der Waals surface area (Å²) in [5, 5.41) is 0. The fraction of sp³-hybridized carbons (Fsp3) is 0.368. The molecule has 2 aromatic rings. The van der Waals surface area contributed by atoms with E-state index in [-0.39, 0.29) is 5.41 Å². The first-order valence-corrected chi connectivity index (χ1v) is 8.46. The predicted octanol–water partition coefficient (Wildman–Crippen LogP) is 5.74. The number of aromatic amines is 1. The van der Waals surface area contributed by atoms with Gasteiger partial charge in [0.25, 0.3) is 0 Å². The minimum absolute atomic E-state index is 0.268. The molecule has 1 nitrogen and oxygen atoms in total. The smallest absolute Gasteiger partial charge is 0.103 e. The Bertz CT molecular complexity index is 666. The Morgan fingerprint density at radius 2 is 1.91 bits per heavy atom. The van der Waals surface area contributed by atoms with Crippen LogP contribution in [0.2, 0.25) is 0 Å². The van der Waals surface area contributed by atoms with Crippen LogP contribution in [0, 0.1) is 17.3 Å². The van der Waals surface area contributed by atoms with E-state index in [1.807, 2.05) is 12.3 Å². The lowest BCUT2D eigenvalue weighted by Gasteiger charge is -2.06. The summed E-state index contributed by atoms with van der Waals surface area (Å²) in [4.78, 5) is 3.42. The number of hydrogen-bond acceptors (Lipinski definition) is 0. The zero-order valence-corrected chi connectivity index (χ0v) is 14.5. The fourth-order valence-electron chi connectivity index (χ4n) is 3.47. The molecule has 116 valence electrons. The van der Waals surface area contributed by atoms with E-state index in [1.54, 1.807) is 0 Å². The molecule has 2 unspecified atom stereocenters. The van der Waals surface area contributed by atoms with Crippen LogP contribution in [0.3, 0.4) is 0 Å². The van der Waals surface area contributed by atoms with Gasteiger partial charge in [-0.15, -0.1) is 0 Å². The number of halogens is 2. The molecule has 22 heavy (non-hydrogen) atoms. The van der Waals surface area contributed by atoms with Gasteiger partial charge >= 0.3 is 0 Å². The van der Waals surface area contributed by atoms with Crippen molar-refractivity contribution in [3.05, 3.63) is 70.0 Å². The van der Waals surface area contributed by atoms with E-state index in [2.05, 4.69) is 55.2 Å². The topological polar surface area (TPSA) is 15.8 Å². The number of H-pyrrole nitrogens is 1. The van der Waals surface area contributed by atoms with Gasteiger partial charge in [0.2, 0.25) is 0 Å². The SMILES string of the molecule is CC1(C)C(C=C(Cl)Cl)C1Cc1[nH]ccc1Cc1ccccc1. The van der Waals surface area contributed by atoms with Crippen LogP contribution in [0.25, 0.3) is 0 Å². The summed E-state index contributed by atoms with van der Waals surface area (Å²) in [5.74, 6) is 1.05. The zero-order chi connectivity index (χ0) is 15.7. The Morgan fingerprint density at radius 3 is 2.59 bits per heavy atom. The highest BCUT2D eigenvalue weighted by molar-refractivity contribution is 6.55. The molecule has 0 radical (unpaired) electrons. The molecule has 0 amide bonds. The molecule has 2 atom stereocenters. The van der Waals surface area contributed by atoms with Crippen LogP contribution in [0.4, 0.5) is 0 Å². The molecular weight excluding hydrogens is 313 g/mol. The summed E-state index contributed by atoms with van der Waals surface area (Å²) >= 11 is 11.7. The van der Waals surface area contributed by atoms with Crippen molar-refractivity contribution in [2.45, 2.75) is 26.7 Å². The first kappa shape index (κ1) is 15.7. The maximum absolute atomic E-state index is 5.84. The second kappa shape index (κ2) is 6.14. The van der Waals surface area contributed by atoms with Crippen LogP contribution < -0.4 is 0 Å². The molecule has 1 aliphatic rings. The summed E-state index contributed by atoms with van der Waals surface area (Å²) in [6, 6.07) is 12.8. The second-order valence-electron chi connectivity index (χ2n) is 6.76. The van der Waals surface area contributed by atoms with Crippen molar-refractivity contribution < 1.29 is 0 Å². The number of rotatable bonds is 5. The average molecular weight is 334 g/mol. The largest absolute Gasteiger partial charge is 0.365 e. The van der Waals surface area contributed by atoms with Crippen molar-refractivity contribution in [3.63, 3.8) is 0 Å². The van der Waals surface area contributed by atoms with Gasteiger partial charge in [-0.25, -0.2) is 0 Å². The number of allylic oxidation sites excluding steroid dienone is 1. The molecule has 1 aliphatic carbocycles. The molecular formula is C19H21Cl2N. The Labute approximate surface area is 142 Å². The molecule has 0 saturated heterocycles. The van der Waals surface area contributed by atoms with Gasteiger partial charge in [0.1, 0.15) is 4.49 Å². The maximum atomic E-state index is 5.84. The number of nitrogens with one attached hydrogen (secondary N) is 1. The maximum Gasteiger partial charge on any atom is 0.103 e. The van der Waals surface area contributed by atoms with Crippen molar-refractivity contribution >= 4 is 23.2 Å². The van der Waals surface area contributed by atoms with Crippen LogP contribution in [0.1, 0.15) is 30.7 Å². The van der Waals surface area contributed by atoms with Crippen LogP contribution in [0.15, 0.2) is 53.2 Å². The summed E-state index contributed by atoms with van der Waals surface area (Å²) in [6.45, 7) is 4.57. The number of benzene rings is 1. The van der Waals surface area contributed by atoms with E-state index in [4.69, 9.17) is 23.2 Å². The zero-order valence-electron chi connectivity index (χ0n) is 12.9. The summed E-state index contributed by atoms with van der Waals surface area (Å²) in [6.07, 6.45) is 6.06. The van der Waals surface area contributed by atoms with E-state index in [1.165, 1.54) is 16.8 Å². The molecule has 1 heterocycles. The van der Waals surface area contributed by atoms with Gasteiger partial charge in [-0.3, -0.25) is 0 Å². The Hall–Kier alpha value is -1.18. The summed E-state index contributed by atoms with van der Waals surface area (Å²) in [7, 11) is 0. The van der Waals surface area contributed by atoms with Crippen LogP contribution in [-0.4, -0.2) is 4.98 Å². The first-order chi connectivity index (χ1) is 10.5. The monoisotopic (exact) mass is 333 g/mol. The van der Waals surface area contributed by atoms with E-state index >= 15 is 0 Å². The van der Waals surface area contributed by atoms with Crippen molar-refractivity contribution in [1.82, 2.24) is 4.98 Å². The summed E-state index contributed by atoms with van der Waals surface area (Å²) < 4.78 is 0.386. The van der Waals surface area contributed by atoms with Crippen LogP contribution >= 0.6 is 23.2 Å². The normalized spacial score (nSPS) is 22.4. The van der Waals surface area contributed by atoms with Gasteiger partial charge in [0, 0.05) is 11.9 Å². The van der Waals surface area contributed by atoms with Crippen molar-refractivity contribution in [2.24, 2.45) is 17.3 Å². The standard InChI is InChI=1S/C19H21Cl2N/c1-19(2)15(16(19)12-18(20)21)11-17-14(8-9-22-17)10-13-6-4-3-5-7-13/h3-9,12,15-16,22H,10-11H2,1-2H3. The van der Waals surface area contributed by atoms with E-state index in [0.717, 1.165) is 12.8 Å². The molecule has 1 aromatic carbocycles. The van der Waals surface area contributed by atoms with Gasteiger partial charge in [-0.2, -0.15) is 0 Å². The Morgan fingerprint density at radius 1 is 1.18 bits per heavy atom. The molecule has 0 bridgehead atoms. The lowest BCUT2D eigenvalue weighted by atomic mass is 10.0. The molecule has 1 fully saturated rings. The highest BCUT2D eigenvalue weighted by Gasteiger charge is 2.56. The molecule has 1 saturated carbocycles. The fourth-order valence-corrected chi connectivity index (χ4v) is 3.74. The highest BCUT2D eigenvalue weighted by Crippen LogP contribution is 2.61. The Kier molecular flexibility index (Phi) is 4.38. The second-order valence-corrected chi connectivity index (χ2v) is 7.77. The van der Waals surface area contributed by atoms with Gasteiger partial charge in [0.15, 0.2) is 0 Å². The summed E-state index contributed by atoms with van der Waals surface area (Å²) in [5.41, 5.74) is 4.33. The van der Waals surface area contributed by atoms with Crippen LogP contribution in [0.5, 0.6) is 0 Å². The Balaban J connectivity index is 1.73. The molecule has 3 heteroatoms. The quantitative estimate of drug-likeness (QED) is 0.718.